The highest BCUT2D eigenvalue weighted by Crippen LogP contribution is 2.24. The molecule has 0 aliphatic rings. The van der Waals surface area contributed by atoms with E-state index in [9.17, 15) is 22.4 Å². The number of rotatable bonds is 2. The van der Waals surface area contributed by atoms with E-state index in [-0.39, 0.29) is 5.82 Å². The van der Waals surface area contributed by atoms with Crippen molar-refractivity contribution < 1.29 is 22.4 Å². The van der Waals surface area contributed by atoms with Crippen molar-refractivity contribution >= 4 is 11.7 Å². The van der Waals surface area contributed by atoms with Gasteiger partial charge < -0.3 is 5.32 Å². The summed E-state index contributed by atoms with van der Waals surface area (Å²) >= 11 is 0. The highest BCUT2D eigenvalue weighted by atomic mass is 19.4. The zero-order chi connectivity index (χ0) is 12.3. The first kappa shape index (κ1) is 12.4. The lowest BCUT2D eigenvalue weighted by atomic mass is 10.2. The molecule has 1 N–H and O–H groups in total. The van der Waals surface area contributed by atoms with Gasteiger partial charge in [-0.15, -0.1) is 0 Å². The van der Waals surface area contributed by atoms with Gasteiger partial charge in [0.05, 0.1) is 0 Å². The lowest BCUT2D eigenvalue weighted by Gasteiger charge is -2.12. The number of carbonyl (C=O) groups excluding carboxylic acids is 1. The van der Waals surface area contributed by atoms with Gasteiger partial charge in [-0.1, -0.05) is 6.07 Å². The van der Waals surface area contributed by atoms with Gasteiger partial charge in [-0.25, -0.2) is 9.37 Å². The summed E-state index contributed by atoms with van der Waals surface area (Å²) in [6, 6.07) is 3.07. The van der Waals surface area contributed by atoms with Crippen molar-refractivity contribution in [3.05, 3.63) is 23.9 Å². The smallest absolute Gasteiger partial charge is 0.308 e. The number of hydrogen-bond donors (Lipinski definition) is 1. The average Bonchev–Trinajstić information content (AvgIpc) is 2.19. The van der Waals surface area contributed by atoms with Gasteiger partial charge in [0.2, 0.25) is 0 Å². The number of aromatic nitrogens is 1. The second-order valence-electron chi connectivity index (χ2n) is 3.06. The lowest BCUT2D eigenvalue weighted by Crippen LogP contribution is -2.37. The van der Waals surface area contributed by atoms with E-state index in [1.165, 1.54) is 19.2 Å². The van der Waals surface area contributed by atoms with Gasteiger partial charge in [0.25, 0.3) is 12.1 Å². The third-order valence-corrected chi connectivity index (χ3v) is 1.77. The van der Waals surface area contributed by atoms with Crippen LogP contribution in [0.1, 0.15) is 5.56 Å². The third kappa shape index (κ3) is 2.91. The summed E-state index contributed by atoms with van der Waals surface area (Å²) in [6.45, 7) is 1.53. The zero-order valence-electron chi connectivity index (χ0n) is 8.18. The van der Waals surface area contributed by atoms with E-state index in [2.05, 4.69) is 4.98 Å². The van der Waals surface area contributed by atoms with Gasteiger partial charge in [0, 0.05) is 6.20 Å². The first-order chi connectivity index (χ1) is 7.32. The predicted molar refractivity (Wildman–Crippen MR) is 48.6 cm³/mol. The molecule has 88 valence electrons. The molecule has 0 radical (unpaired) electrons. The van der Waals surface area contributed by atoms with Crippen LogP contribution >= 0.6 is 0 Å². The molecule has 1 rings (SSSR count). The Morgan fingerprint density at radius 2 is 2.12 bits per heavy atom. The topological polar surface area (TPSA) is 42.0 Å². The second kappa shape index (κ2) is 4.46. The van der Waals surface area contributed by atoms with Crippen LogP contribution in [0, 0.1) is 6.92 Å². The van der Waals surface area contributed by atoms with Crippen molar-refractivity contribution in [2.24, 2.45) is 0 Å². The SMILES string of the molecule is Cc1cccnc1NC(=O)C(F)C(F)(F)F. The number of alkyl halides is 4. The van der Waals surface area contributed by atoms with E-state index in [0.29, 0.717) is 5.56 Å². The van der Waals surface area contributed by atoms with Crippen LogP contribution < -0.4 is 5.32 Å². The maximum absolute atomic E-state index is 12.6. The van der Waals surface area contributed by atoms with E-state index in [4.69, 9.17) is 0 Å². The Bertz CT molecular complexity index is 391. The Labute approximate surface area is 88.5 Å². The van der Waals surface area contributed by atoms with Crippen LogP contribution in [-0.4, -0.2) is 23.2 Å². The van der Waals surface area contributed by atoms with Crippen molar-refractivity contribution in [1.82, 2.24) is 4.98 Å². The summed E-state index contributed by atoms with van der Waals surface area (Å²) in [7, 11) is 0. The number of aryl methyl sites for hydroxylation is 1. The van der Waals surface area contributed by atoms with Crippen LogP contribution in [-0.2, 0) is 4.79 Å². The molecule has 0 bridgehead atoms. The minimum Gasteiger partial charge on any atom is -0.308 e. The van der Waals surface area contributed by atoms with Crippen LogP contribution in [0.15, 0.2) is 18.3 Å². The zero-order valence-corrected chi connectivity index (χ0v) is 8.18. The molecular weight excluding hydrogens is 228 g/mol. The van der Waals surface area contributed by atoms with E-state index in [0.717, 1.165) is 0 Å². The van der Waals surface area contributed by atoms with E-state index < -0.39 is 18.3 Å². The van der Waals surface area contributed by atoms with Crippen LogP contribution in [0.3, 0.4) is 0 Å². The van der Waals surface area contributed by atoms with Gasteiger partial charge in [-0.2, -0.15) is 13.2 Å². The van der Waals surface area contributed by atoms with Crippen LogP contribution in [0.2, 0.25) is 0 Å². The molecule has 0 spiro atoms. The van der Waals surface area contributed by atoms with Crippen molar-refractivity contribution in [2.45, 2.75) is 19.3 Å². The molecule has 0 fully saturated rings. The maximum Gasteiger partial charge on any atom is 0.428 e. The molecule has 1 aromatic heterocycles. The second-order valence-corrected chi connectivity index (χ2v) is 3.06. The van der Waals surface area contributed by atoms with Gasteiger partial charge in [0.1, 0.15) is 5.82 Å². The number of pyridine rings is 1. The molecule has 3 nitrogen and oxygen atoms in total. The van der Waals surface area contributed by atoms with Crippen molar-refractivity contribution in [1.29, 1.82) is 0 Å². The summed E-state index contributed by atoms with van der Waals surface area (Å²) in [5.41, 5.74) is 0.449. The summed E-state index contributed by atoms with van der Waals surface area (Å²) in [6.07, 6.45) is -7.47. The lowest BCUT2D eigenvalue weighted by molar-refractivity contribution is -0.183. The molecule has 1 atom stereocenters. The van der Waals surface area contributed by atoms with Gasteiger partial charge in [-0.05, 0) is 18.6 Å². The van der Waals surface area contributed by atoms with E-state index >= 15 is 0 Å². The molecule has 1 unspecified atom stereocenters. The normalized spacial score (nSPS) is 13.3. The predicted octanol–water partition coefficient (Wildman–Crippen LogP) is 2.23. The molecule has 0 saturated heterocycles. The van der Waals surface area contributed by atoms with Crippen LogP contribution in [0.25, 0.3) is 0 Å². The summed E-state index contributed by atoms with van der Waals surface area (Å²) in [4.78, 5) is 14.5. The number of nitrogens with one attached hydrogen (secondary N) is 1. The van der Waals surface area contributed by atoms with Crippen molar-refractivity contribution in [2.75, 3.05) is 5.32 Å². The number of nitrogens with zero attached hydrogens (tertiary/aromatic N) is 1. The third-order valence-electron chi connectivity index (χ3n) is 1.77. The minimum atomic E-state index is -5.20. The largest absolute Gasteiger partial charge is 0.428 e. The summed E-state index contributed by atoms with van der Waals surface area (Å²) < 4.78 is 48.1. The number of anilines is 1. The first-order valence-electron chi connectivity index (χ1n) is 4.25. The Kier molecular flexibility index (Phi) is 3.46. The molecule has 7 heteroatoms. The number of hydrogen-bond acceptors (Lipinski definition) is 2. The molecule has 0 aliphatic heterocycles. The first-order valence-corrected chi connectivity index (χ1v) is 4.25. The van der Waals surface area contributed by atoms with Crippen molar-refractivity contribution in [3.8, 4) is 0 Å². The van der Waals surface area contributed by atoms with Gasteiger partial charge >= 0.3 is 6.18 Å². The quantitative estimate of drug-likeness (QED) is 0.800. The van der Waals surface area contributed by atoms with Crippen LogP contribution in [0.5, 0.6) is 0 Å². The minimum absolute atomic E-state index is 0.0839. The van der Waals surface area contributed by atoms with Crippen molar-refractivity contribution in [3.63, 3.8) is 0 Å². The number of halogens is 4. The molecule has 16 heavy (non-hydrogen) atoms. The molecule has 1 heterocycles. The number of amides is 1. The number of carbonyl (C=O) groups is 1. The fourth-order valence-corrected chi connectivity index (χ4v) is 0.945. The highest BCUT2D eigenvalue weighted by Gasteiger charge is 2.45. The maximum atomic E-state index is 12.6. The molecule has 0 aromatic carbocycles. The van der Waals surface area contributed by atoms with E-state index in [1.807, 2.05) is 0 Å². The Morgan fingerprint density at radius 1 is 1.50 bits per heavy atom. The Hall–Kier alpha value is -1.66. The standard InChI is InChI=1S/C9H8F4N2O/c1-5-3-2-4-14-7(5)15-8(16)6(10)9(11,12)13/h2-4,6H,1H3,(H,14,15,16). The monoisotopic (exact) mass is 236 g/mol. The fourth-order valence-electron chi connectivity index (χ4n) is 0.945. The Morgan fingerprint density at radius 3 is 2.62 bits per heavy atom. The van der Waals surface area contributed by atoms with Gasteiger partial charge in [0.15, 0.2) is 0 Å². The summed E-state index contributed by atoms with van der Waals surface area (Å²) in [5.74, 6) is -1.85. The molecule has 0 aliphatic carbocycles. The molecular formula is C9H8F4N2O. The highest BCUT2D eigenvalue weighted by molar-refractivity contribution is 5.94. The molecule has 0 saturated carbocycles. The van der Waals surface area contributed by atoms with Crippen LogP contribution in [0.4, 0.5) is 23.4 Å². The van der Waals surface area contributed by atoms with Gasteiger partial charge in [-0.3, -0.25) is 4.79 Å². The summed E-state index contributed by atoms with van der Waals surface area (Å²) in [5, 5.41) is 1.77. The fraction of sp³-hybridized carbons (Fsp3) is 0.333. The molecule has 1 amide bonds. The Balaban J connectivity index is 2.76. The van der Waals surface area contributed by atoms with E-state index in [1.54, 1.807) is 11.4 Å². The average molecular weight is 236 g/mol. The molecule has 1 aromatic rings.